The third-order valence-corrected chi connectivity index (χ3v) is 5.63. The maximum Gasteiger partial charge on any atom is 0.164 e. The molecule has 0 aliphatic heterocycles. The minimum Gasteiger partial charge on any atom is -0.461 e. The fourth-order valence-corrected chi connectivity index (χ4v) is 3.93. The van der Waals surface area contributed by atoms with Crippen molar-refractivity contribution in [2.75, 3.05) is 0 Å². The lowest BCUT2D eigenvalue weighted by Crippen LogP contribution is -2.00. The molecule has 0 fully saturated rings. The highest BCUT2D eigenvalue weighted by Crippen LogP contribution is 2.31. The Labute approximate surface area is 185 Å². The molecular formula is C26H20ClN3O. The molecule has 0 N–H and O–H groups in total. The summed E-state index contributed by atoms with van der Waals surface area (Å²) in [6.07, 6.45) is 0.933. The van der Waals surface area contributed by atoms with Crippen LogP contribution in [0.15, 0.2) is 77.2 Å². The number of furan rings is 1. The summed E-state index contributed by atoms with van der Waals surface area (Å²) < 4.78 is 6.01. The molecule has 0 amide bonds. The normalized spacial score (nSPS) is 11.2. The van der Waals surface area contributed by atoms with Crippen LogP contribution in [-0.4, -0.2) is 15.0 Å². The summed E-state index contributed by atoms with van der Waals surface area (Å²) in [4.78, 5) is 14.3. The molecule has 3 aromatic carbocycles. The van der Waals surface area contributed by atoms with Crippen LogP contribution in [0.5, 0.6) is 0 Å². The van der Waals surface area contributed by atoms with Gasteiger partial charge >= 0.3 is 0 Å². The molecule has 0 aliphatic rings. The number of benzene rings is 3. The van der Waals surface area contributed by atoms with E-state index in [0.29, 0.717) is 22.5 Å². The van der Waals surface area contributed by atoms with E-state index in [1.807, 2.05) is 73.7 Å². The van der Waals surface area contributed by atoms with Gasteiger partial charge in [0.1, 0.15) is 11.3 Å². The van der Waals surface area contributed by atoms with Crippen molar-refractivity contribution in [1.82, 2.24) is 15.0 Å². The Hall–Kier alpha value is -3.50. The minimum atomic E-state index is 0.602. The largest absolute Gasteiger partial charge is 0.461 e. The molecular weight excluding hydrogens is 406 g/mol. The Morgan fingerprint density at radius 1 is 0.742 bits per heavy atom. The predicted octanol–water partition coefficient (Wildman–Crippen LogP) is 7.14. The fourth-order valence-electron chi connectivity index (χ4n) is 3.80. The second kappa shape index (κ2) is 7.97. The number of nitrogens with zero attached hydrogens (tertiary/aromatic N) is 3. The van der Waals surface area contributed by atoms with E-state index in [9.17, 15) is 0 Å². The first-order valence-corrected chi connectivity index (χ1v) is 10.6. The molecule has 5 heteroatoms. The lowest BCUT2D eigenvalue weighted by atomic mass is 10.1. The molecule has 0 saturated carbocycles. The van der Waals surface area contributed by atoms with Crippen LogP contribution in [0.3, 0.4) is 0 Å². The zero-order valence-electron chi connectivity index (χ0n) is 17.3. The fraction of sp³-hybridized carbons (Fsp3) is 0.115. The van der Waals surface area contributed by atoms with Crippen LogP contribution in [0, 0.1) is 6.92 Å². The van der Waals surface area contributed by atoms with E-state index in [1.165, 1.54) is 5.56 Å². The summed E-state index contributed by atoms with van der Waals surface area (Å²) in [6.45, 7) is 4.15. The van der Waals surface area contributed by atoms with Gasteiger partial charge in [0.05, 0.1) is 0 Å². The molecule has 0 atom stereocenters. The average Bonchev–Trinajstić information content (AvgIpc) is 3.13. The maximum atomic E-state index is 6.07. The smallest absolute Gasteiger partial charge is 0.164 e. The number of aryl methyl sites for hydroxylation is 2. The number of rotatable bonds is 4. The van der Waals surface area contributed by atoms with Gasteiger partial charge < -0.3 is 4.42 Å². The summed E-state index contributed by atoms with van der Waals surface area (Å²) in [7, 11) is 0. The Bertz CT molecular complexity index is 1380. The van der Waals surface area contributed by atoms with Crippen molar-refractivity contribution in [2.24, 2.45) is 0 Å². The van der Waals surface area contributed by atoms with E-state index in [1.54, 1.807) is 0 Å². The summed E-state index contributed by atoms with van der Waals surface area (Å²) in [5.41, 5.74) is 4.79. The van der Waals surface area contributed by atoms with Crippen molar-refractivity contribution in [3.63, 3.8) is 0 Å². The SMILES string of the molecule is CCc1c(C)oc2cc(-c3nc(-c4ccccc4)nc(-c4ccc(Cl)cc4)n3)ccc12. The lowest BCUT2D eigenvalue weighted by molar-refractivity contribution is 0.573. The van der Waals surface area contributed by atoms with E-state index in [4.69, 9.17) is 31.0 Å². The number of fused-ring (bicyclic) bond motifs is 1. The first-order valence-electron chi connectivity index (χ1n) is 10.2. The van der Waals surface area contributed by atoms with Gasteiger partial charge in [-0.3, -0.25) is 0 Å². The van der Waals surface area contributed by atoms with Crippen LogP contribution >= 0.6 is 11.6 Å². The van der Waals surface area contributed by atoms with Gasteiger partial charge in [-0.15, -0.1) is 0 Å². The van der Waals surface area contributed by atoms with E-state index in [-0.39, 0.29) is 0 Å². The molecule has 0 aliphatic carbocycles. The van der Waals surface area contributed by atoms with Crippen molar-refractivity contribution in [1.29, 1.82) is 0 Å². The topological polar surface area (TPSA) is 51.8 Å². The standard InChI is InChI=1S/C26H20ClN3O/c1-3-21-16(2)31-23-15-19(11-14-22(21)23)26-29-24(17-7-5-4-6-8-17)28-25(30-26)18-9-12-20(27)13-10-18/h4-15H,3H2,1-2H3. The van der Waals surface area contributed by atoms with Gasteiger partial charge in [0.25, 0.3) is 0 Å². The third-order valence-electron chi connectivity index (χ3n) is 5.38. The van der Waals surface area contributed by atoms with Crippen molar-refractivity contribution in [2.45, 2.75) is 20.3 Å². The second-order valence-electron chi connectivity index (χ2n) is 7.38. The molecule has 0 bridgehead atoms. The third kappa shape index (κ3) is 3.71. The summed E-state index contributed by atoms with van der Waals surface area (Å²) in [6, 6.07) is 23.6. The lowest BCUT2D eigenvalue weighted by Gasteiger charge is -2.08. The average molecular weight is 426 g/mol. The number of halogens is 1. The zero-order valence-corrected chi connectivity index (χ0v) is 18.0. The Morgan fingerprint density at radius 3 is 1.97 bits per heavy atom. The van der Waals surface area contributed by atoms with Gasteiger partial charge in [-0.05, 0) is 43.7 Å². The predicted molar refractivity (Wildman–Crippen MR) is 125 cm³/mol. The monoisotopic (exact) mass is 425 g/mol. The van der Waals surface area contributed by atoms with Gasteiger partial charge in [-0.2, -0.15) is 0 Å². The molecule has 5 rings (SSSR count). The van der Waals surface area contributed by atoms with Crippen LogP contribution in [0.25, 0.3) is 45.1 Å². The first kappa shape index (κ1) is 19.5. The van der Waals surface area contributed by atoms with Gasteiger partial charge in [-0.1, -0.05) is 61.0 Å². The highest BCUT2D eigenvalue weighted by molar-refractivity contribution is 6.30. The van der Waals surface area contributed by atoms with Gasteiger partial charge in [0, 0.05) is 32.7 Å². The molecule has 4 nitrogen and oxygen atoms in total. The molecule has 152 valence electrons. The van der Waals surface area contributed by atoms with Crippen LogP contribution < -0.4 is 0 Å². The second-order valence-corrected chi connectivity index (χ2v) is 7.82. The molecule has 0 unspecified atom stereocenters. The Balaban J connectivity index is 1.69. The summed E-state index contributed by atoms with van der Waals surface area (Å²) >= 11 is 6.07. The molecule has 0 saturated heterocycles. The van der Waals surface area contributed by atoms with Crippen molar-refractivity contribution < 1.29 is 4.42 Å². The van der Waals surface area contributed by atoms with E-state index < -0.39 is 0 Å². The van der Waals surface area contributed by atoms with Gasteiger partial charge in [-0.25, -0.2) is 15.0 Å². The number of hydrogen-bond donors (Lipinski definition) is 0. The van der Waals surface area contributed by atoms with E-state index in [0.717, 1.165) is 39.8 Å². The highest BCUT2D eigenvalue weighted by atomic mass is 35.5. The van der Waals surface area contributed by atoms with Crippen LogP contribution in [0.2, 0.25) is 5.02 Å². The summed E-state index contributed by atoms with van der Waals surface area (Å²) in [5.74, 6) is 2.79. The Morgan fingerprint density at radius 2 is 1.32 bits per heavy atom. The molecule has 2 aromatic heterocycles. The van der Waals surface area contributed by atoms with Crippen LogP contribution in [-0.2, 0) is 6.42 Å². The van der Waals surface area contributed by atoms with Crippen LogP contribution in [0.1, 0.15) is 18.2 Å². The van der Waals surface area contributed by atoms with Crippen LogP contribution in [0.4, 0.5) is 0 Å². The molecule has 2 heterocycles. The van der Waals surface area contributed by atoms with Crippen molar-refractivity contribution in [3.05, 3.63) is 89.1 Å². The van der Waals surface area contributed by atoms with Gasteiger partial charge in [0.15, 0.2) is 17.5 Å². The Kier molecular flexibility index (Phi) is 5.00. The van der Waals surface area contributed by atoms with E-state index >= 15 is 0 Å². The maximum absolute atomic E-state index is 6.07. The molecule has 5 aromatic rings. The zero-order chi connectivity index (χ0) is 21.4. The highest BCUT2D eigenvalue weighted by Gasteiger charge is 2.15. The molecule has 0 spiro atoms. The summed E-state index contributed by atoms with van der Waals surface area (Å²) in [5, 5.41) is 1.81. The van der Waals surface area contributed by atoms with Crippen molar-refractivity contribution in [3.8, 4) is 34.2 Å². The number of hydrogen-bond acceptors (Lipinski definition) is 4. The minimum absolute atomic E-state index is 0.602. The van der Waals surface area contributed by atoms with Gasteiger partial charge in [0.2, 0.25) is 0 Å². The quantitative estimate of drug-likeness (QED) is 0.307. The molecule has 0 radical (unpaired) electrons. The number of aromatic nitrogens is 3. The van der Waals surface area contributed by atoms with Crippen molar-refractivity contribution >= 4 is 22.6 Å². The molecule has 31 heavy (non-hydrogen) atoms. The van der Waals surface area contributed by atoms with E-state index in [2.05, 4.69) is 13.0 Å². The first-order chi connectivity index (χ1) is 15.1.